The summed E-state index contributed by atoms with van der Waals surface area (Å²) in [4.78, 5) is 34.8. The number of hydrogen-bond acceptors (Lipinski definition) is 12. The van der Waals surface area contributed by atoms with Gasteiger partial charge < -0.3 is 53.6 Å². The van der Waals surface area contributed by atoms with Crippen LogP contribution in [0, 0.1) is 0 Å². The first-order valence-corrected chi connectivity index (χ1v) is 15.0. The lowest BCUT2D eigenvalue weighted by molar-refractivity contribution is -0.146. The fraction of sp³-hybridized carbons (Fsp3) is 0.767. The van der Waals surface area contributed by atoms with Crippen LogP contribution in [-0.4, -0.2) is 121 Å². The first-order valence-electron chi connectivity index (χ1n) is 15.0. The highest BCUT2D eigenvalue weighted by molar-refractivity contribution is 5.87. The zero-order valence-electron chi connectivity index (χ0n) is 26.9. The van der Waals surface area contributed by atoms with E-state index in [1.165, 1.54) is 0 Å². The van der Waals surface area contributed by atoms with Crippen LogP contribution < -0.4 is 10.6 Å². The van der Waals surface area contributed by atoms with E-state index in [-0.39, 0.29) is 45.2 Å². The minimum atomic E-state index is -1.00. The molecule has 0 saturated heterocycles. The molecule has 0 heterocycles. The summed E-state index contributed by atoms with van der Waals surface area (Å²) in [6.45, 7) is 17.6. The van der Waals surface area contributed by atoms with Crippen LogP contribution in [0.2, 0.25) is 0 Å². The summed E-state index contributed by atoms with van der Waals surface area (Å²) in [6.07, 6.45) is 0.691. The van der Waals surface area contributed by atoms with E-state index in [1.807, 2.05) is 0 Å². The highest BCUT2D eigenvalue weighted by Gasteiger charge is 2.11. The van der Waals surface area contributed by atoms with Gasteiger partial charge in [-0.15, -0.1) is 0 Å². The third-order valence-electron chi connectivity index (χ3n) is 5.45. The average Bonchev–Trinajstić information content (AvgIpc) is 2.96. The number of rotatable bonds is 28. The number of hydrogen-bond donors (Lipinski definition) is 3. The van der Waals surface area contributed by atoms with Gasteiger partial charge in [-0.25, -0.2) is 14.4 Å². The first-order chi connectivity index (χ1) is 21.0. The Morgan fingerprint density at radius 3 is 1.55 bits per heavy atom. The summed E-state index contributed by atoms with van der Waals surface area (Å²) >= 11 is 0. The van der Waals surface area contributed by atoms with E-state index < -0.39 is 24.4 Å². The normalized spacial score (nSPS) is 12.9. The van der Waals surface area contributed by atoms with E-state index in [0.29, 0.717) is 57.3 Å². The van der Waals surface area contributed by atoms with E-state index in [9.17, 15) is 19.5 Å². The van der Waals surface area contributed by atoms with Crippen LogP contribution in [0.5, 0.6) is 0 Å². The van der Waals surface area contributed by atoms with Crippen molar-refractivity contribution < 1.29 is 57.4 Å². The van der Waals surface area contributed by atoms with Gasteiger partial charge in [0, 0.05) is 18.7 Å². The lowest BCUT2D eigenvalue weighted by Gasteiger charge is -2.18. The Morgan fingerprint density at radius 1 is 0.659 bits per heavy atom. The first kappa shape index (κ1) is 41.2. The molecule has 0 bridgehead atoms. The van der Waals surface area contributed by atoms with Crippen LogP contribution in [0.25, 0.3) is 0 Å². The second kappa shape index (κ2) is 27.8. The standard InChI is InChI=1S/C30H54N2O12/c1-23(2)27(33)43-25(5)21-39-15-13-37-17-19-41-29(35)31-11-9-7-8-10-12-32-30(36)42-20-18-38-14-16-40-22-26(6)44-28(34)24(3)4/h25-27,33H,1,3,7-22H2,2,4-6H3,(H,31,35)(H,32,36). The Bertz CT molecular complexity index is 811. The minimum absolute atomic E-state index is 0.124. The van der Waals surface area contributed by atoms with E-state index in [0.717, 1.165) is 25.7 Å². The van der Waals surface area contributed by atoms with Crippen molar-refractivity contribution in [3.8, 4) is 0 Å². The number of nitrogens with one attached hydrogen (secondary N) is 2. The van der Waals surface area contributed by atoms with Crippen molar-refractivity contribution in [3.63, 3.8) is 0 Å². The summed E-state index contributed by atoms with van der Waals surface area (Å²) in [7, 11) is 0. The van der Waals surface area contributed by atoms with E-state index in [1.54, 1.807) is 27.7 Å². The fourth-order valence-electron chi connectivity index (χ4n) is 3.10. The van der Waals surface area contributed by atoms with Gasteiger partial charge in [-0.2, -0.15) is 0 Å². The maximum absolute atomic E-state index is 11.7. The molecular formula is C30H54N2O12. The molecule has 14 heteroatoms. The third kappa shape index (κ3) is 26.8. The summed E-state index contributed by atoms with van der Waals surface area (Å²) in [6, 6.07) is 0. The van der Waals surface area contributed by atoms with Crippen LogP contribution in [-0.2, 0) is 42.7 Å². The molecule has 0 aromatic heterocycles. The molecular weight excluding hydrogens is 580 g/mol. The van der Waals surface area contributed by atoms with Gasteiger partial charge in [-0.1, -0.05) is 26.0 Å². The largest absolute Gasteiger partial charge is 0.457 e. The van der Waals surface area contributed by atoms with Crippen LogP contribution >= 0.6 is 0 Å². The molecule has 0 rings (SSSR count). The number of aliphatic hydroxyl groups excluding tert-OH is 1. The predicted octanol–water partition coefficient (Wildman–Crippen LogP) is 2.87. The molecule has 0 aliphatic carbocycles. The molecule has 3 unspecified atom stereocenters. The Kier molecular flexibility index (Phi) is 26.0. The van der Waals surface area contributed by atoms with Crippen LogP contribution in [0.4, 0.5) is 9.59 Å². The molecule has 0 spiro atoms. The molecule has 2 amide bonds. The summed E-state index contributed by atoms with van der Waals surface area (Å²) in [5, 5.41) is 14.9. The van der Waals surface area contributed by atoms with Crippen molar-refractivity contribution in [2.24, 2.45) is 0 Å². The van der Waals surface area contributed by atoms with Crippen LogP contribution in [0.1, 0.15) is 53.4 Å². The van der Waals surface area contributed by atoms with E-state index in [2.05, 4.69) is 23.8 Å². The lowest BCUT2D eigenvalue weighted by Crippen LogP contribution is -2.27. The number of unbranched alkanes of at least 4 members (excludes halogenated alkanes) is 3. The smallest absolute Gasteiger partial charge is 0.407 e. The maximum atomic E-state index is 11.7. The molecule has 0 aromatic rings. The van der Waals surface area contributed by atoms with Gasteiger partial charge in [-0.05, 0) is 46.1 Å². The van der Waals surface area contributed by atoms with Crippen molar-refractivity contribution in [3.05, 3.63) is 24.3 Å². The van der Waals surface area contributed by atoms with E-state index in [4.69, 9.17) is 37.9 Å². The molecule has 0 aliphatic rings. The topological polar surface area (TPSA) is 169 Å². The van der Waals surface area contributed by atoms with Gasteiger partial charge in [-0.3, -0.25) is 0 Å². The Hall–Kier alpha value is -2.75. The molecule has 14 nitrogen and oxygen atoms in total. The van der Waals surface area contributed by atoms with Gasteiger partial charge in [0.05, 0.1) is 59.0 Å². The van der Waals surface area contributed by atoms with E-state index >= 15 is 0 Å². The predicted molar refractivity (Wildman–Crippen MR) is 162 cm³/mol. The fourth-order valence-corrected chi connectivity index (χ4v) is 3.10. The molecule has 0 fully saturated rings. The molecule has 256 valence electrons. The second-order valence-corrected chi connectivity index (χ2v) is 10.1. The number of alkyl carbamates (subject to hydrolysis) is 2. The Balaban J connectivity index is 3.42. The number of carbonyl (C=O) groups excluding carboxylic acids is 3. The molecule has 0 aliphatic heterocycles. The van der Waals surface area contributed by atoms with Crippen LogP contribution in [0.3, 0.4) is 0 Å². The lowest BCUT2D eigenvalue weighted by atomic mass is 10.2. The number of amides is 2. The SMILES string of the molecule is C=C(C)C(=O)OC(C)COCCOCCOC(=O)NCCCCCCNC(=O)OCCOCCOCC(C)OC(O)C(=C)C. The van der Waals surface area contributed by atoms with Crippen molar-refractivity contribution in [1.82, 2.24) is 10.6 Å². The van der Waals surface area contributed by atoms with Crippen molar-refractivity contribution >= 4 is 18.2 Å². The molecule has 0 saturated carbocycles. The maximum Gasteiger partial charge on any atom is 0.407 e. The summed E-state index contributed by atoms with van der Waals surface area (Å²) in [5.41, 5.74) is 0.867. The van der Waals surface area contributed by atoms with Gasteiger partial charge in [0.25, 0.3) is 0 Å². The zero-order valence-corrected chi connectivity index (χ0v) is 26.9. The van der Waals surface area contributed by atoms with Gasteiger partial charge in [0.1, 0.15) is 19.3 Å². The molecule has 3 N–H and O–H groups in total. The highest BCUT2D eigenvalue weighted by Crippen LogP contribution is 2.04. The quantitative estimate of drug-likeness (QED) is 0.0288. The third-order valence-corrected chi connectivity index (χ3v) is 5.45. The van der Waals surface area contributed by atoms with Crippen molar-refractivity contribution in [1.29, 1.82) is 0 Å². The summed E-state index contributed by atoms with van der Waals surface area (Å²) < 4.78 is 41.9. The second-order valence-electron chi connectivity index (χ2n) is 10.1. The number of carbonyl (C=O) groups is 3. The average molecular weight is 635 g/mol. The molecule has 44 heavy (non-hydrogen) atoms. The zero-order chi connectivity index (χ0) is 33.0. The number of ether oxygens (including phenoxy) is 8. The van der Waals surface area contributed by atoms with Crippen molar-refractivity contribution in [2.75, 3.05) is 79.2 Å². The summed E-state index contributed by atoms with van der Waals surface area (Å²) in [5.74, 6) is -0.449. The minimum Gasteiger partial charge on any atom is -0.457 e. The van der Waals surface area contributed by atoms with Crippen LogP contribution in [0.15, 0.2) is 24.3 Å². The Labute approximate surface area is 261 Å². The highest BCUT2D eigenvalue weighted by atomic mass is 16.6. The van der Waals surface area contributed by atoms with Crippen molar-refractivity contribution in [2.45, 2.75) is 71.9 Å². The number of aliphatic hydroxyl groups is 1. The van der Waals surface area contributed by atoms with Gasteiger partial charge >= 0.3 is 18.2 Å². The number of esters is 1. The van der Waals surface area contributed by atoms with Gasteiger partial charge in [0.2, 0.25) is 0 Å². The molecule has 0 aromatic carbocycles. The molecule has 0 radical (unpaired) electrons. The Morgan fingerprint density at radius 2 is 1.09 bits per heavy atom. The molecule has 3 atom stereocenters. The van der Waals surface area contributed by atoms with Gasteiger partial charge in [0.15, 0.2) is 6.29 Å². The monoisotopic (exact) mass is 634 g/mol.